The highest BCUT2D eigenvalue weighted by Gasteiger charge is 2.27. The highest BCUT2D eigenvalue weighted by Crippen LogP contribution is 2.35. The number of anilines is 3. The van der Waals surface area contributed by atoms with Gasteiger partial charge < -0.3 is 24.2 Å². The molecule has 12 heteroatoms. The van der Waals surface area contributed by atoms with Gasteiger partial charge in [-0.25, -0.2) is 23.1 Å². The van der Waals surface area contributed by atoms with E-state index in [1.165, 1.54) is 0 Å². The molecule has 1 aromatic carbocycles. The molecule has 0 amide bonds. The van der Waals surface area contributed by atoms with Crippen LogP contribution < -0.4 is 19.7 Å². The summed E-state index contributed by atoms with van der Waals surface area (Å²) in [7, 11) is -3.77. The van der Waals surface area contributed by atoms with Crippen LogP contribution in [0.5, 0.6) is 6.01 Å². The molecule has 0 aliphatic carbocycles. The smallest absolute Gasteiger partial charge is 0.316 e. The van der Waals surface area contributed by atoms with E-state index in [1.54, 1.807) is 26.2 Å². The predicted octanol–water partition coefficient (Wildman–Crippen LogP) is 4.70. The number of nitrogens with zero attached hydrogens (tertiary/aromatic N) is 4. The van der Waals surface area contributed by atoms with Crippen molar-refractivity contribution in [2.75, 3.05) is 43.1 Å². The SMILES string of the molecule is CCOc1ncc(Nc2cc(C(CC)CNS(=O)(=O)c3c(C)noc3C)ccc2N(CC)C2CCOCC2)cn1. The van der Waals surface area contributed by atoms with Crippen molar-refractivity contribution in [2.45, 2.75) is 70.7 Å². The summed E-state index contributed by atoms with van der Waals surface area (Å²) in [6.07, 6.45) is 6.07. The molecule has 1 atom stereocenters. The van der Waals surface area contributed by atoms with E-state index in [9.17, 15) is 8.42 Å². The van der Waals surface area contributed by atoms with E-state index < -0.39 is 10.0 Å². The quantitative estimate of drug-likeness (QED) is 0.297. The minimum absolute atomic E-state index is 0.0559. The zero-order valence-electron chi connectivity index (χ0n) is 23.9. The van der Waals surface area contributed by atoms with Crippen LogP contribution in [0.4, 0.5) is 17.1 Å². The third-order valence-electron chi connectivity index (χ3n) is 7.20. The molecule has 1 saturated heterocycles. The molecule has 1 unspecified atom stereocenters. The number of hydrogen-bond donors (Lipinski definition) is 2. The number of benzene rings is 1. The number of ether oxygens (including phenoxy) is 2. The Morgan fingerprint density at radius 3 is 2.45 bits per heavy atom. The van der Waals surface area contributed by atoms with Gasteiger partial charge in [-0.05, 0) is 70.6 Å². The van der Waals surface area contributed by atoms with Crippen molar-refractivity contribution in [3.8, 4) is 6.01 Å². The Morgan fingerprint density at radius 2 is 1.85 bits per heavy atom. The lowest BCUT2D eigenvalue weighted by Crippen LogP contribution is -2.39. The summed E-state index contributed by atoms with van der Waals surface area (Å²) in [5, 5.41) is 7.31. The van der Waals surface area contributed by atoms with Crippen LogP contribution in [0.25, 0.3) is 0 Å². The monoisotopic (exact) mass is 572 g/mol. The number of aryl methyl sites for hydroxylation is 2. The maximum absolute atomic E-state index is 13.1. The third kappa shape index (κ3) is 6.91. The van der Waals surface area contributed by atoms with Gasteiger partial charge in [0.25, 0.3) is 0 Å². The summed E-state index contributed by atoms with van der Waals surface area (Å²) >= 11 is 0. The van der Waals surface area contributed by atoms with E-state index in [4.69, 9.17) is 14.0 Å². The van der Waals surface area contributed by atoms with Gasteiger partial charge in [0.05, 0.1) is 36.1 Å². The van der Waals surface area contributed by atoms with Gasteiger partial charge >= 0.3 is 6.01 Å². The zero-order chi connectivity index (χ0) is 28.7. The Labute approximate surface area is 236 Å². The fourth-order valence-corrected chi connectivity index (χ4v) is 6.57. The van der Waals surface area contributed by atoms with Crippen molar-refractivity contribution in [3.05, 3.63) is 47.6 Å². The van der Waals surface area contributed by atoms with E-state index in [1.807, 2.05) is 6.92 Å². The van der Waals surface area contributed by atoms with Crippen LogP contribution in [0.15, 0.2) is 40.0 Å². The van der Waals surface area contributed by atoms with Crippen LogP contribution in [-0.4, -0.2) is 62.5 Å². The molecule has 40 heavy (non-hydrogen) atoms. The molecule has 218 valence electrons. The molecule has 0 spiro atoms. The second kappa shape index (κ2) is 13.4. The Hall–Kier alpha value is -3.22. The van der Waals surface area contributed by atoms with Crippen molar-refractivity contribution in [1.29, 1.82) is 0 Å². The normalized spacial score (nSPS) is 15.1. The van der Waals surface area contributed by atoms with E-state index in [-0.39, 0.29) is 23.1 Å². The van der Waals surface area contributed by atoms with Crippen LogP contribution in [0.1, 0.15) is 63.0 Å². The lowest BCUT2D eigenvalue weighted by atomic mass is 9.95. The van der Waals surface area contributed by atoms with Crippen molar-refractivity contribution >= 4 is 27.1 Å². The molecule has 1 aliphatic rings. The Kier molecular flexibility index (Phi) is 9.99. The van der Waals surface area contributed by atoms with E-state index >= 15 is 0 Å². The lowest BCUT2D eigenvalue weighted by molar-refractivity contribution is 0.0846. The third-order valence-corrected chi connectivity index (χ3v) is 8.87. The summed E-state index contributed by atoms with van der Waals surface area (Å²) in [4.78, 5) is 11.1. The molecule has 1 aliphatic heterocycles. The first kappa shape index (κ1) is 29.8. The molecular formula is C28H40N6O5S. The molecule has 0 radical (unpaired) electrons. The summed E-state index contributed by atoms with van der Waals surface area (Å²) in [6.45, 7) is 12.4. The fourth-order valence-electron chi connectivity index (χ4n) is 5.16. The summed E-state index contributed by atoms with van der Waals surface area (Å²) in [5.74, 6) is 0.221. The number of nitrogens with one attached hydrogen (secondary N) is 2. The molecule has 1 fully saturated rings. The van der Waals surface area contributed by atoms with Gasteiger partial charge in [-0.15, -0.1) is 0 Å². The van der Waals surface area contributed by atoms with Gasteiger partial charge in [0, 0.05) is 32.3 Å². The number of hydrogen-bond acceptors (Lipinski definition) is 10. The maximum atomic E-state index is 13.1. The minimum Gasteiger partial charge on any atom is -0.464 e. The van der Waals surface area contributed by atoms with Crippen LogP contribution >= 0.6 is 0 Å². The van der Waals surface area contributed by atoms with Gasteiger partial charge in [0.1, 0.15) is 10.6 Å². The van der Waals surface area contributed by atoms with Crippen LogP contribution in [0.2, 0.25) is 0 Å². The Bertz CT molecular complexity index is 1340. The lowest BCUT2D eigenvalue weighted by Gasteiger charge is -2.37. The standard InChI is InChI=1S/C28H40N6O5S/c1-6-21(16-31-40(35,36)27-19(4)33-39-20(27)5)22-9-10-26(34(7-2)24-11-13-37-14-12-24)25(15-22)32-23-17-29-28(30-18-23)38-8-3/h9-10,15,17-18,21,24,31-32H,6-8,11-14,16H2,1-5H3. The molecule has 4 rings (SSSR count). The number of aromatic nitrogens is 3. The number of sulfonamides is 1. The molecular weight excluding hydrogens is 532 g/mol. The highest BCUT2D eigenvalue weighted by atomic mass is 32.2. The van der Waals surface area contributed by atoms with Gasteiger partial charge in [-0.2, -0.15) is 0 Å². The second-order valence-corrected chi connectivity index (χ2v) is 11.5. The van der Waals surface area contributed by atoms with Gasteiger partial charge in [0.15, 0.2) is 5.76 Å². The molecule has 2 aromatic heterocycles. The van der Waals surface area contributed by atoms with Gasteiger partial charge in [0.2, 0.25) is 10.0 Å². The summed E-state index contributed by atoms with van der Waals surface area (Å²) < 4.78 is 45.0. The fraction of sp³-hybridized carbons (Fsp3) is 0.536. The summed E-state index contributed by atoms with van der Waals surface area (Å²) in [6, 6.07) is 7.01. The van der Waals surface area contributed by atoms with Gasteiger partial charge in [-0.1, -0.05) is 18.1 Å². The van der Waals surface area contributed by atoms with Crippen LogP contribution in [-0.2, 0) is 14.8 Å². The predicted molar refractivity (Wildman–Crippen MR) is 154 cm³/mol. The first-order valence-corrected chi connectivity index (χ1v) is 15.4. The molecule has 3 heterocycles. The zero-order valence-corrected chi connectivity index (χ0v) is 24.8. The Morgan fingerprint density at radius 1 is 1.12 bits per heavy atom. The van der Waals surface area contributed by atoms with E-state index in [0.29, 0.717) is 24.4 Å². The van der Waals surface area contributed by atoms with E-state index in [2.05, 4.69) is 62.1 Å². The molecule has 0 saturated carbocycles. The molecule has 2 N–H and O–H groups in total. The second-order valence-electron chi connectivity index (χ2n) is 9.83. The topological polar surface area (TPSA) is 132 Å². The van der Waals surface area contributed by atoms with Gasteiger partial charge in [-0.3, -0.25) is 0 Å². The molecule has 0 bridgehead atoms. The highest BCUT2D eigenvalue weighted by molar-refractivity contribution is 7.89. The van der Waals surface area contributed by atoms with Crippen LogP contribution in [0.3, 0.4) is 0 Å². The Balaban J connectivity index is 1.63. The first-order valence-electron chi connectivity index (χ1n) is 13.9. The molecule has 11 nitrogen and oxygen atoms in total. The largest absolute Gasteiger partial charge is 0.464 e. The van der Waals surface area contributed by atoms with Crippen molar-refractivity contribution < 1.29 is 22.4 Å². The molecule has 3 aromatic rings. The van der Waals surface area contributed by atoms with Crippen molar-refractivity contribution in [2.24, 2.45) is 0 Å². The van der Waals surface area contributed by atoms with Crippen molar-refractivity contribution in [1.82, 2.24) is 19.8 Å². The first-order chi connectivity index (χ1) is 19.3. The summed E-state index contributed by atoms with van der Waals surface area (Å²) in [5.41, 5.74) is 4.07. The van der Waals surface area contributed by atoms with Crippen molar-refractivity contribution in [3.63, 3.8) is 0 Å². The average Bonchev–Trinajstić information content (AvgIpc) is 3.30. The van der Waals surface area contributed by atoms with E-state index in [0.717, 1.165) is 61.6 Å². The number of rotatable bonds is 13. The average molecular weight is 573 g/mol. The minimum atomic E-state index is -3.77. The van der Waals surface area contributed by atoms with Crippen LogP contribution in [0, 0.1) is 13.8 Å². The maximum Gasteiger partial charge on any atom is 0.316 e.